The smallest absolute Gasteiger partial charge is 0.0831 e. The number of rotatable bonds is 2. The summed E-state index contributed by atoms with van der Waals surface area (Å²) >= 11 is 11.6. The third-order valence-electron chi connectivity index (χ3n) is 10.1. The van der Waals surface area contributed by atoms with Crippen LogP contribution < -0.4 is 0 Å². The van der Waals surface area contributed by atoms with Gasteiger partial charge in [-0.1, -0.05) is 108 Å². The topological polar surface area (TPSA) is 0 Å². The number of fused-ring (bicyclic) bond motifs is 14. The van der Waals surface area contributed by atoms with Gasteiger partial charge in [0.05, 0.1) is 10.8 Å². The van der Waals surface area contributed by atoms with Crippen molar-refractivity contribution >= 4 is 68.9 Å². The van der Waals surface area contributed by atoms with Gasteiger partial charge < -0.3 is 0 Å². The summed E-state index contributed by atoms with van der Waals surface area (Å²) in [6, 6.07) is 51.0. The SMILES string of the molecule is c1csc(-c2cc3c(s2)C2(c4ccccc4Sc4ccccc42)c2cc(-c4cccs4)sc2C32c3ccccc3Sc3ccccc32)c1. The maximum Gasteiger partial charge on any atom is 0.0831 e. The summed E-state index contributed by atoms with van der Waals surface area (Å²) in [5, 5.41) is 4.43. The van der Waals surface area contributed by atoms with Crippen LogP contribution in [0.3, 0.4) is 0 Å². The van der Waals surface area contributed by atoms with Gasteiger partial charge in [0.15, 0.2) is 0 Å². The molecular formula is C42H24S6. The van der Waals surface area contributed by atoms with Crippen LogP contribution in [0.2, 0.25) is 0 Å². The molecule has 1 aliphatic carbocycles. The van der Waals surface area contributed by atoms with Crippen LogP contribution in [0, 0.1) is 0 Å². The second kappa shape index (κ2) is 10.4. The summed E-state index contributed by atoms with van der Waals surface area (Å²) in [7, 11) is 0. The first kappa shape index (κ1) is 28.2. The molecule has 3 aliphatic rings. The van der Waals surface area contributed by atoms with Crippen LogP contribution in [-0.4, -0.2) is 0 Å². The lowest BCUT2D eigenvalue weighted by molar-refractivity contribution is 0.609. The van der Waals surface area contributed by atoms with E-state index in [0.29, 0.717) is 0 Å². The Hall–Kier alpha value is -3.62. The maximum absolute atomic E-state index is 2.58. The molecule has 4 aromatic carbocycles. The van der Waals surface area contributed by atoms with Gasteiger partial charge in [-0.3, -0.25) is 0 Å². The molecule has 2 aliphatic heterocycles. The molecule has 6 heterocycles. The fraction of sp³-hybridized carbons (Fsp3) is 0.0476. The van der Waals surface area contributed by atoms with Gasteiger partial charge in [-0.25, -0.2) is 0 Å². The van der Waals surface area contributed by atoms with Crippen LogP contribution in [0.15, 0.2) is 164 Å². The summed E-state index contributed by atoms with van der Waals surface area (Å²) in [4.78, 5) is 13.7. The van der Waals surface area contributed by atoms with Crippen molar-refractivity contribution in [3.8, 4) is 19.5 Å². The Bertz CT molecular complexity index is 2210. The molecule has 0 nitrogen and oxygen atoms in total. The van der Waals surface area contributed by atoms with Gasteiger partial charge >= 0.3 is 0 Å². The van der Waals surface area contributed by atoms with Crippen molar-refractivity contribution in [2.45, 2.75) is 30.4 Å². The molecular weight excluding hydrogens is 697 g/mol. The molecule has 0 N–H and O–H groups in total. The summed E-state index contributed by atoms with van der Waals surface area (Å²) in [6.45, 7) is 0. The maximum atomic E-state index is 2.58. The zero-order chi connectivity index (χ0) is 31.5. The summed E-state index contributed by atoms with van der Waals surface area (Å²) in [5.41, 5.74) is 7.55. The molecule has 0 fully saturated rings. The molecule has 0 amide bonds. The first-order chi connectivity index (χ1) is 23.8. The molecule has 0 bridgehead atoms. The lowest BCUT2D eigenvalue weighted by Crippen LogP contribution is -2.45. The van der Waals surface area contributed by atoms with Crippen molar-refractivity contribution in [1.29, 1.82) is 0 Å². The molecule has 6 heteroatoms. The Morgan fingerprint density at radius 1 is 0.333 bits per heavy atom. The molecule has 48 heavy (non-hydrogen) atoms. The highest BCUT2D eigenvalue weighted by molar-refractivity contribution is 7.99. The normalized spacial score (nSPS) is 15.7. The molecule has 0 atom stereocenters. The van der Waals surface area contributed by atoms with Crippen molar-refractivity contribution < 1.29 is 0 Å². The molecule has 0 unspecified atom stereocenters. The van der Waals surface area contributed by atoms with Gasteiger partial charge in [-0.15, -0.1) is 45.3 Å². The molecule has 0 saturated heterocycles. The highest BCUT2D eigenvalue weighted by atomic mass is 32.2. The van der Waals surface area contributed by atoms with Gasteiger partial charge in [0.1, 0.15) is 0 Å². The van der Waals surface area contributed by atoms with Crippen molar-refractivity contribution in [3.05, 3.63) is 187 Å². The van der Waals surface area contributed by atoms with Crippen LogP contribution in [-0.2, 0) is 10.8 Å². The first-order valence-electron chi connectivity index (χ1n) is 15.9. The predicted molar refractivity (Wildman–Crippen MR) is 207 cm³/mol. The third kappa shape index (κ3) is 3.58. The van der Waals surface area contributed by atoms with Crippen LogP contribution in [0.5, 0.6) is 0 Å². The van der Waals surface area contributed by atoms with Crippen molar-refractivity contribution in [1.82, 2.24) is 0 Å². The average molecular weight is 721 g/mol. The highest BCUT2D eigenvalue weighted by Gasteiger charge is 2.60. The van der Waals surface area contributed by atoms with Crippen molar-refractivity contribution in [2.24, 2.45) is 0 Å². The number of benzene rings is 4. The van der Waals surface area contributed by atoms with Crippen molar-refractivity contribution in [3.63, 3.8) is 0 Å². The summed E-state index contributed by atoms with van der Waals surface area (Å²) in [6.07, 6.45) is 0. The van der Waals surface area contributed by atoms with Crippen LogP contribution in [0.25, 0.3) is 19.5 Å². The highest BCUT2D eigenvalue weighted by Crippen LogP contribution is 2.70. The van der Waals surface area contributed by atoms with Crippen molar-refractivity contribution in [2.75, 3.05) is 0 Å². The van der Waals surface area contributed by atoms with E-state index in [1.807, 2.05) is 68.9 Å². The Balaban J connectivity index is 1.39. The molecule has 2 spiro atoms. The second-order valence-corrected chi connectivity index (χ2v) is 18.5. The zero-order valence-corrected chi connectivity index (χ0v) is 30.2. The van der Waals surface area contributed by atoms with E-state index in [1.165, 1.54) is 82.2 Å². The van der Waals surface area contributed by atoms with E-state index in [4.69, 9.17) is 0 Å². The van der Waals surface area contributed by atoms with Gasteiger partial charge in [0.25, 0.3) is 0 Å². The van der Waals surface area contributed by atoms with Gasteiger partial charge in [0, 0.05) is 48.8 Å². The second-order valence-electron chi connectivity index (χ2n) is 12.4. The van der Waals surface area contributed by atoms with E-state index >= 15 is 0 Å². The first-order valence-corrected chi connectivity index (χ1v) is 20.9. The van der Waals surface area contributed by atoms with Crippen LogP contribution in [0.1, 0.15) is 43.1 Å². The largest absolute Gasteiger partial charge is 0.143 e. The minimum atomic E-state index is -0.449. The molecule has 0 saturated carbocycles. The monoisotopic (exact) mass is 720 g/mol. The Labute approximate surface area is 303 Å². The fourth-order valence-electron chi connectivity index (χ4n) is 8.28. The van der Waals surface area contributed by atoms with Crippen LogP contribution >= 0.6 is 68.9 Å². The molecule has 11 rings (SSSR count). The Morgan fingerprint density at radius 2 is 0.688 bits per heavy atom. The Morgan fingerprint density at radius 3 is 1.02 bits per heavy atom. The van der Waals surface area contributed by atoms with E-state index in [9.17, 15) is 0 Å². The van der Waals surface area contributed by atoms with Gasteiger partial charge in [-0.05, 0) is 92.7 Å². The molecule has 4 aromatic heterocycles. The van der Waals surface area contributed by atoms with E-state index in [0.717, 1.165) is 0 Å². The quantitative estimate of drug-likeness (QED) is 0.174. The van der Waals surface area contributed by atoms with Gasteiger partial charge in [0.2, 0.25) is 0 Å². The minimum absolute atomic E-state index is 0.449. The number of hydrogen-bond acceptors (Lipinski definition) is 6. The van der Waals surface area contributed by atoms with Crippen LogP contribution in [0.4, 0.5) is 0 Å². The van der Waals surface area contributed by atoms with E-state index in [-0.39, 0.29) is 0 Å². The third-order valence-corrected chi connectivity index (χ3v) is 17.0. The number of thiophene rings is 4. The standard InChI is InChI=1S/C42H24S6/c1-5-15-31-25(11-1)41(26-12-2-6-16-32(26)45-31)29-23-37(35-19-9-21-43-35)48-40(29)42(30-24-38(47-39(30)41)36-20-10-22-44-36)27-13-3-7-17-33(27)46-34-18-8-4-14-28(34)42/h1-24H. The van der Waals surface area contributed by atoms with E-state index in [2.05, 4.69) is 144 Å². The summed E-state index contributed by atoms with van der Waals surface area (Å²) < 4.78 is 0. The van der Waals surface area contributed by atoms with Gasteiger partial charge in [-0.2, -0.15) is 0 Å². The molecule has 228 valence electrons. The molecule has 8 aromatic rings. The Kier molecular flexibility index (Phi) is 6.14. The predicted octanol–water partition coefficient (Wildman–Crippen LogP) is 13.3. The minimum Gasteiger partial charge on any atom is -0.143 e. The molecule has 0 radical (unpaired) electrons. The lowest BCUT2D eigenvalue weighted by atomic mass is 9.55. The van der Waals surface area contributed by atoms with E-state index in [1.54, 1.807) is 0 Å². The summed E-state index contributed by atoms with van der Waals surface area (Å²) in [5.74, 6) is 0. The zero-order valence-electron chi connectivity index (χ0n) is 25.3. The fourth-order valence-corrected chi connectivity index (χ4v) is 15.2. The van der Waals surface area contributed by atoms with E-state index < -0.39 is 10.8 Å². The number of hydrogen-bond donors (Lipinski definition) is 0. The lowest BCUT2D eigenvalue weighted by Gasteiger charge is -2.51. The average Bonchev–Trinajstić information content (AvgIpc) is 3.97.